The summed E-state index contributed by atoms with van der Waals surface area (Å²) in [6.45, 7) is -0.552. The minimum absolute atomic E-state index is 0.00925. The predicted molar refractivity (Wildman–Crippen MR) is 144 cm³/mol. The number of hydrogen-bond acceptors (Lipinski definition) is 13. The summed E-state index contributed by atoms with van der Waals surface area (Å²) in [5, 5.41) is 28.8. The maximum atomic E-state index is 14.1. The first-order chi connectivity index (χ1) is 20.7. The molecule has 2 saturated heterocycles. The van der Waals surface area contributed by atoms with Crippen molar-refractivity contribution < 1.29 is 52.7 Å². The number of nitrogens with two attached hydrogens (primary N) is 2. The van der Waals surface area contributed by atoms with Crippen molar-refractivity contribution in [3.05, 3.63) is 45.5 Å². The van der Waals surface area contributed by atoms with E-state index in [4.69, 9.17) is 40.6 Å². The van der Waals surface area contributed by atoms with Crippen molar-refractivity contribution in [2.45, 2.75) is 49.4 Å². The zero-order valence-electron chi connectivity index (χ0n) is 22.2. The fourth-order valence-corrected chi connectivity index (χ4v) is 5.10. The fourth-order valence-electron chi connectivity index (χ4n) is 4.76. The molecule has 0 saturated carbocycles. The molecule has 0 bridgehead atoms. The Morgan fingerprint density at radius 2 is 1.39 bits per heavy atom. The van der Waals surface area contributed by atoms with Gasteiger partial charge >= 0.3 is 7.60 Å². The van der Waals surface area contributed by atoms with Crippen LogP contribution in [0.2, 0.25) is 0 Å². The van der Waals surface area contributed by atoms with E-state index in [2.05, 4.69) is 19.9 Å². The standard InChI is InChI=1S/C11H14FN4O7P.C11H13FN4O4/c12-6-8(17)10(23-11(6)22-3-24(19,20)21)16-2-14-7-4(16)1-5(13)15-9(7)18;12-7-5(2-17)20-11(9(7)18)16-3-14-8-4(16)1-6(13)15-10(8)19/h1-2,6,8,10-11,17H,3H2,(H3,13,15,18)(H2,19,20,21);1,3,5,7,9,11,17-18H,2H2,(H3,13,15,19)/t6?,8-,10+,11-;5-,7?,9+,11-/m01/s1. The van der Waals surface area contributed by atoms with Crippen LogP contribution in [0, 0.1) is 0 Å². The van der Waals surface area contributed by atoms with Crippen molar-refractivity contribution in [2.24, 2.45) is 0 Å². The highest BCUT2D eigenvalue weighted by Gasteiger charge is 2.47. The van der Waals surface area contributed by atoms with E-state index < -0.39 is 81.1 Å². The largest absolute Gasteiger partial charge is 0.394 e. The molecule has 0 radical (unpaired) electrons. The molecule has 19 nitrogen and oxygen atoms in total. The number of nitrogen functional groups attached to an aromatic ring is 2. The lowest BCUT2D eigenvalue weighted by Crippen LogP contribution is -2.29. The topological polar surface area (TPSA) is 299 Å². The van der Waals surface area contributed by atoms with Gasteiger partial charge in [-0.25, -0.2) is 18.7 Å². The van der Waals surface area contributed by atoms with E-state index in [1.807, 2.05) is 0 Å². The number of ether oxygens (including phenoxy) is 3. The van der Waals surface area contributed by atoms with Crippen molar-refractivity contribution >= 4 is 41.3 Å². The maximum absolute atomic E-state index is 14.1. The Balaban J connectivity index is 0.000000177. The smallest absolute Gasteiger partial charge is 0.351 e. The zero-order chi connectivity index (χ0) is 32.1. The summed E-state index contributed by atoms with van der Waals surface area (Å²) in [5.74, 6) is 0.153. The number of pyridine rings is 2. The molecule has 0 aliphatic carbocycles. The number of nitrogens with zero attached hydrogens (tertiary/aromatic N) is 4. The Hall–Kier alpha value is -3.79. The number of fused-ring (bicyclic) bond motifs is 2. The summed E-state index contributed by atoms with van der Waals surface area (Å²) in [5.41, 5.74) is 10.7. The summed E-state index contributed by atoms with van der Waals surface area (Å²) in [7, 11) is -4.53. The molecule has 0 aromatic carbocycles. The van der Waals surface area contributed by atoms with Gasteiger partial charge in [0.1, 0.15) is 29.9 Å². The van der Waals surface area contributed by atoms with Crippen LogP contribution in [0.3, 0.4) is 0 Å². The number of imidazole rings is 2. The molecule has 22 heteroatoms. The second-order valence-corrected chi connectivity index (χ2v) is 11.4. The van der Waals surface area contributed by atoms with E-state index in [0.29, 0.717) is 5.52 Å². The number of rotatable bonds is 6. The number of halogens is 2. The molecule has 44 heavy (non-hydrogen) atoms. The first kappa shape index (κ1) is 31.6. The molecule has 0 spiro atoms. The van der Waals surface area contributed by atoms with Gasteiger partial charge in [0, 0.05) is 12.1 Å². The van der Waals surface area contributed by atoms with Crippen LogP contribution in [-0.4, -0.2) is 104 Å². The fraction of sp³-hybridized carbons (Fsp3) is 0.455. The van der Waals surface area contributed by atoms with E-state index in [1.54, 1.807) is 0 Å². The van der Waals surface area contributed by atoms with Gasteiger partial charge in [0.2, 0.25) is 0 Å². The lowest BCUT2D eigenvalue weighted by Gasteiger charge is -2.16. The quantitative estimate of drug-likeness (QED) is 0.101. The van der Waals surface area contributed by atoms with Gasteiger partial charge in [-0.05, 0) is 0 Å². The van der Waals surface area contributed by atoms with Crippen LogP contribution in [0.5, 0.6) is 0 Å². The average molecular weight is 648 g/mol. The summed E-state index contributed by atoms with van der Waals surface area (Å²) < 4.78 is 56.3. The summed E-state index contributed by atoms with van der Waals surface area (Å²) in [6, 6.07) is 2.80. The van der Waals surface area contributed by atoms with E-state index >= 15 is 0 Å². The van der Waals surface area contributed by atoms with Crippen LogP contribution in [-0.2, 0) is 18.8 Å². The van der Waals surface area contributed by atoms with Gasteiger partial charge in [-0.2, -0.15) is 0 Å². The van der Waals surface area contributed by atoms with E-state index in [9.17, 15) is 33.1 Å². The molecule has 8 atom stereocenters. The lowest BCUT2D eigenvalue weighted by molar-refractivity contribution is -0.157. The minimum atomic E-state index is -4.53. The van der Waals surface area contributed by atoms with Gasteiger partial charge in [0.15, 0.2) is 48.5 Å². The van der Waals surface area contributed by atoms with Gasteiger partial charge in [0.05, 0.1) is 30.3 Å². The normalized spacial score (nSPS) is 28.9. The number of aliphatic hydroxyl groups is 3. The average Bonchev–Trinajstić information content (AvgIpc) is 3.69. The second kappa shape index (κ2) is 12.0. The number of nitrogens with one attached hydrogen (secondary N) is 2. The molecule has 2 aliphatic rings. The highest BCUT2D eigenvalue weighted by Crippen LogP contribution is 2.39. The molecule has 0 amide bonds. The first-order valence-electron chi connectivity index (χ1n) is 12.6. The molecule has 2 aliphatic heterocycles. The molecule has 240 valence electrons. The molecule has 2 fully saturated rings. The number of aromatic amines is 2. The molecule has 2 unspecified atom stereocenters. The van der Waals surface area contributed by atoms with E-state index in [-0.39, 0.29) is 28.2 Å². The minimum Gasteiger partial charge on any atom is -0.394 e. The third kappa shape index (κ3) is 5.96. The van der Waals surface area contributed by atoms with Crippen LogP contribution in [0.1, 0.15) is 12.5 Å². The Morgan fingerprint density at radius 1 is 0.909 bits per heavy atom. The molecule has 4 aromatic heterocycles. The second-order valence-electron chi connectivity index (χ2n) is 9.85. The first-order valence-corrected chi connectivity index (χ1v) is 14.4. The predicted octanol–water partition coefficient (Wildman–Crippen LogP) is -2.09. The molecule has 11 N–H and O–H groups in total. The van der Waals surface area contributed by atoms with Crippen molar-refractivity contribution in [1.82, 2.24) is 29.1 Å². The number of H-pyrrole nitrogens is 2. The third-order valence-corrected chi connectivity index (χ3v) is 7.25. The summed E-state index contributed by atoms with van der Waals surface area (Å²) in [4.78, 5) is 53.4. The van der Waals surface area contributed by atoms with Crippen LogP contribution in [0.15, 0.2) is 34.4 Å². The number of aliphatic hydroxyl groups excluding tert-OH is 3. The number of aromatic nitrogens is 6. The summed E-state index contributed by atoms with van der Waals surface area (Å²) in [6.07, 6.45) is -10.8. The van der Waals surface area contributed by atoms with Gasteiger partial charge < -0.3 is 69.9 Å². The van der Waals surface area contributed by atoms with Crippen molar-refractivity contribution in [1.29, 1.82) is 0 Å². The summed E-state index contributed by atoms with van der Waals surface area (Å²) >= 11 is 0. The van der Waals surface area contributed by atoms with Crippen molar-refractivity contribution in [2.75, 3.05) is 24.4 Å². The van der Waals surface area contributed by atoms with Crippen molar-refractivity contribution in [3.63, 3.8) is 0 Å². The van der Waals surface area contributed by atoms with Crippen LogP contribution in [0.4, 0.5) is 20.4 Å². The number of alkyl halides is 2. The van der Waals surface area contributed by atoms with Gasteiger partial charge in [-0.15, -0.1) is 0 Å². The maximum Gasteiger partial charge on any atom is 0.351 e. The van der Waals surface area contributed by atoms with E-state index in [0.717, 1.165) is 6.33 Å². The van der Waals surface area contributed by atoms with Gasteiger partial charge in [-0.1, -0.05) is 0 Å². The highest BCUT2D eigenvalue weighted by atomic mass is 31.2. The van der Waals surface area contributed by atoms with Gasteiger partial charge in [0.25, 0.3) is 11.1 Å². The highest BCUT2D eigenvalue weighted by molar-refractivity contribution is 7.51. The van der Waals surface area contributed by atoms with E-state index in [1.165, 1.54) is 27.6 Å². The number of anilines is 2. The molecule has 6 heterocycles. The molecule has 6 rings (SSSR count). The molecular formula is C22H27F2N8O11P. The lowest BCUT2D eigenvalue weighted by atomic mass is 10.1. The monoisotopic (exact) mass is 648 g/mol. The van der Waals surface area contributed by atoms with Gasteiger partial charge in [-0.3, -0.25) is 14.2 Å². The van der Waals surface area contributed by atoms with Crippen LogP contribution >= 0.6 is 7.60 Å². The van der Waals surface area contributed by atoms with Crippen molar-refractivity contribution in [3.8, 4) is 0 Å². The Kier molecular flexibility index (Phi) is 8.59. The molecular weight excluding hydrogens is 621 g/mol. The Morgan fingerprint density at radius 3 is 1.84 bits per heavy atom. The Labute approximate surface area is 242 Å². The Bertz CT molecular complexity index is 1820. The SMILES string of the molecule is Nc1cc2c(ncn2[C@@H]2O[C@H](CO)C(F)[C@@H]2O)c(=O)[nH]1.Nc1cc2c(ncn2[C@@H]2O[C@H](OCP(=O)(O)O)C(F)[C@@H]2O)c(=O)[nH]1. The van der Waals surface area contributed by atoms with Crippen LogP contribution < -0.4 is 22.6 Å². The van der Waals surface area contributed by atoms with Crippen LogP contribution in [0.25, 0.3) is 22.1 Å². The molecule has 4 aromatic rings. The third-order valence-electron chi connectivity index (χ3n) is 6.77. The zero-order valence-corrected chi connectivity index (χ0v) is 23.1. The number of hydrogen-bond donors (Lipinski definition) is 9.